The summed E-state index contributed by atoms with van der Waals surface area (Å²) in [6, 6.07) is 12.9. The van der Waals surface area contributed by atoms with Gasteiger partial charge in [-0.3, -0.25) is 4.79 Å². The minimum absolute atomic E-state index is 0.0698. The Morgan fingerprint density at radius 1 is 1.08 bits per heavy atom. The molecule has 3 rings (SSSR count). The van der Waals surface area contributed by atoms with Gasteiger partial charge in [-0.25, -0.2) is 4.98 Å². The predicted molar refractivity (Wildman–Crippen MR) is 102 cm³/mol. The van der Waals surface area contributed by atoms with E-state index in [9.17, 15) is 4.79 Å². The normalized spacial score (nSPS) is 11.2. The van der Waals surface area contributed by atoms with Gasteiger partial charge in [-0.15, -0.1) is 0 Å². The molecule has 0 atom stereocenters. The van der Waals surface area contributed by atoms with Gasteiger partial charge in [0, 0.05) is 23.5 Å². The van der Waals surface area contributed by atoms with Gasteiger partial charge in [-0.05, 0) is 36.1 Å². The number of anilines is 3. The number of carbonyl (C=O) groups excluding carboxylic acids is 1. The highest BCUT2D eigenvalue weighted by Gasteiger charge is 2.19. The largest absolute Gasteiger partial charge is 0.360 e. The lowest BCUT2D eigenvalue weighted by molar-refractivity contribution is 0.102. The van der Waals surface area contributed by atoms with Crippen LogP contribution in [0.1, 0.15) is 42.5 Å². The van der Waals surface area contributed by atoms with E-state index in [1.54, 1.807) is 24.4 Å². The van der Waals surface area contributed by atoms with Crippen molar-refractivity contribution in [2.45, 2.75) is 33.1 Å². The molecule has 0 saturated heterocycles. The number of nitrogens with zero attached hydrogens (tertiary/aromatic N) is 2. The third kappa shape index (κ3) is 4.08. The summed E-state index contributed by atoms with van der Waals surface area (Å²) in [6.45, 7) is 8.16. The average molecular weight is 350 g/mol. The van der Waals surface area contributed by atoms with Crippen LogP contribution >= 0.6 is 0 Å². The Balaban J connectivity index is 1.80. The zero-order chi connectivity index (χ0) is 18.7. The van der Waals surface area contributed by atoms with Crippen molar-refractivity contribution in [2.75, 3.05) is 10.6 Å². The molecule has 0 unspecified atom stereocenters. The fourth-order valence-corrected chi connectivity index (χ4v) is 2.64. The number of para-hydroxylation sites is 1. The Morgan fingerprint density at radius 2 is 1.85 bits per heavy atom. The predicted octanol–water partition coefficient (Wildman–Crippen LogP) is 4.67. The Bertz CT molecular complexity index is 925. The van der Waals surface area contributed by atoms with Gasteiger partial charge in [0.2, 0.25) is 0 Å². The summed E-state index contributed by atoms with van der Waals surface area (Å²) >= 11 is 0. The molecule has 0 saturated carbocycles. The second-order valence-corrected chi connectivity index (χ2v) is 7.13. The van der Waals surface area contributed by atoms with Crippen LogP contribution in [0.5, 0.6) is 0 Å². The number of hydrogen-bond donors (Lipinski definition) is 2. The molecule has 26 heavy (non-hydrogen) atoms. The second kappa shape index (κ2) is 7.00. The SMILES string of the molecule is Cc1cc(Nc2cc(C(=O)Nc3ccccc3C(C)(C)C)ccn2)no1. The Hall–Kier alpha value is -3.15. The zero-order valence-electron chi connectivity index (χ0n) is 15.3. The first-order valence-corrected chi connectivity index (χ1v) is 8.40. The molecule has 0 radical (unpaired) electrons. The van der Waals surface area contributed by atoms with Crippen LogP contribution in [-0.4, -0.2) is 16.0 Å². The van der Waals surface area contributed by atoms with Crippen LogP contribution in [0, 0.1) is 6.92 Å². The van der Waals surface area contributed by atoms with E-state index in [0.29, 0.717) is 23.0 Å². The van der Waals surface area contributed by atoms with E-state index < -0.39 is 0 Å². The summed E-state index contributed by atoms with van der Waals surface area (Å²) in [5.74, 6) is 1.57. The maximum absolute atomic E-state index is 12.7. The number of rotatable bonds is 4. The highest BCUT2D eigenvalue weighted by molar-refractivity contribution is 6.05. The minimum Gasteiger partial charge on any atom is -0.360 e. The quantitative estimate of drug-likeness (QED) is 0.714. The highest BCUT2D eigenvalue weighted by Crippen LogP contribution is 2.29. The van der Waals surface area contributed by atoms with Gasteiger partial charge >= 0.3 is 0 Å². The van der Waals surface area contributed by atoms with Crippen LogP contribution in [0.2, 0.25) is 0 Å². The number of benzene rings is 1. The molecule has 0 spiro atoms. The van der Waals surface area contributed by atoms with Crippen molar-refractivity contribution in [1.29, 1.82) is 0 Å². The molecule has 2 aromatic heterocycles. The maximum atomic E-state index is 12.7. The standard InChI is InChI=1S/C20H22N4O2/c1-13-11-18(24-26-13)23-17-12-14(9-10-21-17)19(25)22-16-8-6-5-7-15(16)20(2,3)4/h5-12H,1-4H3,(H,22,25)(H,21,23,24). The van der Waals surface area contributed by atoms with E-state index in [4.69, 9.17) is 4.52 Å². The van der Waals surface area contributed by atoms with Crippen molar-refractivity contribution < 1.29 is 9.32 Å². The first-order valence-electron chi connectivity index (χ1n) is 8.40. The highest BCUT2D eigenvalue weighted by atomic mass is 16.5. The molecular weight excluding hydrogens is 328 g/mol. The molecule has 6 nitrogen and oxygen atoms in total. The Morgan fingerprint density at radius 3 is 2.54 bits per heavy atom. The van der Waals surface area contributed by atoms with Gasteiger partial charge in [0.05, 0.1) is 0 Å². The van der Waals surface area contributed by atoms with Gasteiger partial charge in [-0.1, -0.05) is 44.1 Å². The summed E-state index contributed by atoms with van der Waals surface area (Å²) in [7, 11) is 0. The molecule has 2 heterocycles. The van der Waals surface area contributed by atoms with E-state index in [1.807, 2.05) is 31.2 Å². The van der Waals surface area contributed by atoms with E-state index >= 15 is 0 Å². The van der Waals surface area contributed by atoms with Crippen molar-refractivity contribution in [3.63, 3.8) is 0 Å². The number of nitrogens with one attached hydrogen (secondary N) is 2. The van der Waals surface area contributed by atoms with Crippen LogP contribution < -0.4 is 10.6 Å². The molecule has 6 heteroatoms. The number of aryl methyl sites for hydroxylation is 1. The van der Waals surface area contributed by atoms with Gasteiger partial charge in [-0.2, -0.15) is 0 Å². The summed E-state index contributed by atoms with van der Waals surface area (Å²) in [6.07, 6.45) is 1.58. The molecule has 1 amide bonds. The third-order valence-electron chi connectivity index (χ3n) is 3.89. The Kier molecular flexibility index (Phi) is 4.75. The average Bonchev–Trinajstić information content (AvgIpc) is 2.99. The number of pyridine rings is 1. The Labute approximate surface area is 152 Å². The van der Waals surface area contributed by atoms with Crippen LogP contribution in [0.3, 0.4) is 0 Å². The summed E-state index contributed by atoms with van der Waals surface area (Å²) in [5, 5.41) is 9.89. The summed E-state index contributed by atoms with van der Waals surface area (Å²) in [4.78, 5) is 16.9. The van der Waals surface area contributed by atoms with Crippen LogP contribution in [-0.2, 0) is 5.41 Å². The van der Waals surface area contributed by atoms with E-state index in [-0.39, 0.29) is 11.3 Å². The van der Waals surface area contributed by atoms with E-state index in [2.05, 4.69) is 41.5 Å². The van der Waals surface area contributed by atoms with Crippen molar-refractivity contribution in [3.05, 3.63) is 65.5 Å². The molecule has 1 aromatic carbocycles. The molecule has 0 aliphatic rings. The fourth-order valence-electron chi connectivity index (χ4n) is 2.64. The fraction of sp³-hybridized carbons (Fsp3) is 0.250. The molecular formula is C20H22N4O2. The van der Waals surface area contributed by atoms with Crippen LogP contribution in [0.4, 0.5) is 17.3 Å². The second-order valence-electron chi connectivity index (χ2n) is 7.13. The smallest absolute Gasteiger partial charge is 0.255 e. The first kappa shape index (κ1) is 17.7. The van der Waals surface area contributed by atoms with Gasteiger partial charge in [0.25, 0.3) is 5.91 Å². The maximum Gasteiger partial charge on any atom is 0.255 e. The van der Waals surface area contributed by atoms with Crippen LogP contribution in [0.25, 0.3) is 0 Å². The van der Waals surface area contributed by atoms with Crippen molar-refractivity contribution in [3.8, 4) is 0 Å². The third-order valence-corrected chi connectivity index (χ3v) is 3.89. The van der Waals surface area contributed by atoms with Gasteiger partial charge < -0.3 is 15.2 Å². The van der Waals surface area contributed by atoms with Crippen molar-refractivity contribution in [1.82, 2.24) is 10.1 Å². The summed E-state index contributed by atoms with van der Waals surface area (Å²) < 4.78 is 5.02. The van der Waals surface area contributed by atoms with E-state index in [0.717, 1.165) is 11.3 Å². The number of amides is 1. The van der Waals surface area contributed by atoms with Crippen molar-refractivity contribution in [2.24, 2.45) is 0 Å². The lowest BCUT2D eigenvalue weighted by Crippen LogP contribution is -2.18. The molecule has 0 fully saturated rings. The lowest BCUT2D eigenvalue weighted by atomic mass is 9.86. The van der Waals surface area contributed by atoms with Gasteiger partial charge in [0.15, 0.2) is 5.82 Å². The van der Waals surface area contributed by atoms with Gasteiger partial charge in [0.1, 0.15) is 11.6 Å². The molecule has 0 aliphatic heterocycles. The monoisotopic (exact) mass is 350 g/mol. The van der Waals surface area contributed by atoms with Crippen LogP contribution in [0.15, 0.2) is 53.2 Å². The zero-order valence-corrected chi connectivity index (χ0v) is 15.3. The molecule has 2 N–H and O–H groups in total. The number of hydrogen-bond acceptors (Lipinski definition) is 5. The number of aromatic nitrogens is 2. The van der Waals surface area contributed by atoms with Crippen molar-refractivity contribution >= 4 is 23.2 Å². The minimum atomic E-state index is -0.191. The lowest BCUT2D eigenvalue weighted by Gasteiger charge is -2.23. The summed E-state index contributed by atoms with van der Waals surface area (Å²) in [5.41, 5.74) is 2.33. The molecule has 0 bridgehead atoms. The number of carbonyl (C=O) groups is 1. The molecule has 3 aromatic rings. The van der Waals surface area contributed by atoms with E-state index in [1.165, 1.54) is 0 Å². The molecule has 134 valence electrons. The molecule has 0 aliphatic carbocycles. The topological polar surface area (TPSA) is 80.0 Å². The first-order chi connectivity index (χ1) is 12.3.